The summed E-state index contributed by atoms with van der Waals surface area (Å²) in [5.41, 5.74) is 0. The lowest BCUT2D eigenvalue weighted by molar-refractivity contribution is -0.104. The summed E-state index contributed by atoms with van der Waals surface area (Å²) in [5, 5.41) is 8.74. The van der Waals surface area contributed by atoms with Crippen molar-refractivity contribution >= 4 is 6.29 Å². The average Bonchev–Trinajstić information content (AvgIpc) is 1.83. The molecule has 0 spiro atoms. The minimum Gasteiger partial charge on any atom is -0.389 e. The fourth-order valence-corrected chi connectivity index (χ4v) is 0.310. The zero-order valence-electron chi connectivity index (χ0n) is 4.87. The maximum Gasteiger partial charge on any atom is 0.142 e. The first kappa shape index (κ1) is 7.37. The highest BCUT2D eigenvalue weighted by molar-refractivity contribution is 5.64. The lowest BCUT2D eigenvalue weighted by atomic mass is 10.3. The standard InChI is InChI=1S/C6H10O2/c1-2-6(8)4-3-5-7/h3-6,8H,2H2,1H3/b4-3+/t6-/m0/s1. The molecule has 2 nitrogen and oxygen atoms in total. The van der Waals surface area contributed by atoms with E-state index in [1.54, 1.807) is 0 Å². The van der Waals surface area contributed by atoms with Gasteiger partial charge in [-0.2, -0.15) is 0 Å². The van der Waals surface area contributed by atoms with Crippen LogP contribution in [0.2, 0.25) is 0 Å². The number of hydrogen-bond acceptors (Lipinski definition) is 2. The molecule has 0 fully saturated rings. The molecule has 8 heavy (non-hydrogen) atoms. The van der Waals surface area contributed by atoms with E-state index in [0.29, 0.717) is 12.7 Å². The third kappa shape index (κ3) is 3.56. The van der Waals surface area contributed by atoms with Gasteiger partial charge < -0.3 is 5.11 Å². The van der Waals surface area contributed by atoms with E-state index in [2.05, 4.69) is 0 Å². The number of carbonyl (C=O) groups excluding carboxylic acids is 1. The van der Waals surface area contributed by atoms with Gasteiger partial charge in [0.2, 0.25) is 0 Å². The van der Waals surface area contributed by atoms with E-state index >= 15 is 0 Å². The van der Waals surface area contributed by atoms with E-state index in [9.17, 15) is 4.79 Å². The molecule has 0 bridgehead atoms. The Kier molecular flexibility index (Phi) is 4.17. The maximum atomic E-state index is 9.63. The maximum absolute atomic E-state index is 9.63. The van der Waals surface area contributed by atoms with E-state index in [1.807, 2.05) is 6.92 Å². The Morgan fingerprint density at radius 2 is 2.38 bits per heavy atom. The van der Waals surface area contributed by atoms with Crippen molar-refractivity contribution in [1.29, 1.82) is 0 Å². The molecule has 0 aromatic carbocycles. The van der Waals surface area contributed by atoms with Gasteiger partial charge >= 0.3 is 0 Å². The molecule has 0 aromatic rings. The second kappa shape index (κ2) is 4.53. The van der Waals surface area contributed by atoms with E-state index in [-0.39, 0.29) is 0 Å². The van der Waals surface area contributed by atoms with Gasteiger partial charge in [-0.3, -0.25) is 4.79 Å². The van der Waals surface area contributed by atoms with Gasteiger partial charge in [0.1, 0.15) is 6.29 Å². The molecule has 0 amide bonds. The lowest BCUT2D eigenvalue weighted by Crippen LogP contribution is -1.97. The molecule has 0 aliphatic rings. The van der Waals surface area contributed by atoms with Crippen molar-refractivity contribution < 1.29 is 9.90 Å². The van der Waals surface area contributed by atoms with Crippen LogP contribution in [0.5, 0.6) is 0 Å². The van der Waals surface area contributed by atoms with Gasteiger partial charge in [-0.25, -0.2) is 0 Å². The van der Waals surface area contributed by atoms with Crippen molar-refractivity contribution in [2.24, 2.45) is 0 Å². The van der Waals surface area contributed by atoms with Crippen LogP contribution >= 0.6 is 0 Å². The summed E-state index contributed by atoms with van der Waals surface area (Å²) in [5.74, 6) is 0. The van der Waals surface area contributed by atoms with Gasteiger partial charge in [0.15, 0.2) is 0 Å². The van der Waals surface area contributed by atoms with Crippen molar-refractivity contribution in [3.8, 4) is 0 Å². The molecule has 0 saturated carbocycles. The molecule has 0 aromatic heterocycles. The third-order valence-corrected chi connectivity index (χ3v) is 0.830. The molecule has 0 rings (SSSR count). The monoisotopic (exact) mass is 114 g/mol. The van der Waals surface area contributed by atoms with Crippen LogP contribution < -0.4 is 0 Å². The predicted octanol–water partition coefficient (Wildman–Crippen LogP) is 0.512. The molecule has 0 heterocycles. The van der Waals surface area contributed by atoms with Crippen molar-refractivity contribution in [3.63, 3.8) is 0 Å². The lowest BCUT2D eigenvalue weighted by Gasteiger charge is -1.94. The van der Waals surface area contributed by atoms with Gasteiger partial charge in [-0.15, -0.1) is 0 Å². The normalized spacial score (nSPS) is 14.2. The van der Waals surface area contributed by atoms with Crippen LogP contribution in [0, 0.1) is 0 Å². The predicted molar refractivity (Wildman–Crippen MR) is 31.5 cm³/mol. The number of allylic oxidation sites excluding steroid dienone is 1. The molecular weight excluding hydrogens is 104 g/mol. The molecule has 46 valence electrons. The molecule has 0 aliphatic carbocycles. The van der Waals surface area contributed by atoms with Crippen LogP contribution in [0.15, 0.2) is 12.2 Å². The molecule has 2 heteroatoms. The van der Waals surface area contributed by atoms with Gasteiger partial charge in [0.05, 0.1) is 6.10 Å². The Morgan fingerprint density at radius 3 is 2.75 bits per heavy atom. The minimum absolute atomic E-state index is 0.458. The zero-order valence-corrected chi connectivity index (χ0v) is 4.87. The molecule has 1 N–H and O–H groups in total. The summed E-state index contributed by atoms with van der Waals surface area (Å²) in [4.78, 5) is 9.63. The highest BCUT2D eigenvalue weighted by atomic mass is 16.3. The van der Waals surface area contributed by atoms with E-state index in [0.717, 1.165) is 0 Å². The summed E-state index contributed by atoms with van der Waals surface area (Å²) in [6, 6.07) is 0. The summed E-state index contributed by atoms with van der Waals surface area (Å²) in [7, 11) is 0. The van der Waals surface area contributed by atoms with Crippen LogP contribution in [-0.4, -0.2) is 17.5 Å². The third-order valence-electron chi connectivity index (χ3n) is 0.830. The number of rotatable bonds is 3. The van der Waals surface area contributed by atoms with E-state index in [4.69, 9.17) is 5.11 Å². The molecule has 0 saturated heterocycles. The van der Waals surface area contributed by atoms with Crippen molar-refractivity contribution in [1.82, 2.24) is 0 Å². The van der Waals surface area contributed by atoms with Crippen LogP contribution in [-0.2, 0) is 4.79 Å². The Labute approximate surface area is 48.8 Å². The molecule has 0 aliphatic heterocycles. The number of aldehydes is 1. The quantitative estimate of drug-likeness (QED) is 0.429. The van der Waals surface area contributed by atoms with Gasteiger partial charge in [0.25, 0.3) is 0 Å². The molecular formula is C6H10O2. The highest BCUT2D eigenvalue weighted by Crippen LogP contribution is 1.88. The van der Waals surface area contributed by atoms with E-state index in [1.165, 1.54) is 12.2 Å². The van der Waals surface area contributed by atoms with Crippen molar-refractivity contribution in [2.45, 2.75) is 19.4 Å². The van der Waals surface area contributed by atoms with Crippen LogP contribution in [0.3, 0.4) is 0 Å². The summed E-state index contributed by atoms with van der Waals surface area (Å²) >= 11 is 0. The molecule has 1 atom stereocenters. The van der Waals surface area contributed by atoms with Crippen LogP contribution in [0.1, 0.15) is 13.3 Å². The second-order valence-corrected chi connectivity index (χ2v) is 1.50. The van der Waals surface area contributed by atoms with E-state index < -0.39 is 6.10 Å². The first-order chi connectivity index (χ1) is 3.81. The average molecular weight is 114 g/mol. The summed E-state index contributed by atoms with van der Waals surface area (Å²) in [6.45, 7) is 1.85. The van der Waals surface area contributed by atoms with Crippen LogP contribution in [0.4, 0.5) is 0 Å². The topological polar surface area (TPSA) is 37.3 Å². The first-order valence-corrected chi connectivity index (χ1v) is 2.61. The zero-order chi connectivity index (χ0) is 6.41. The van der Waals surface area contributed by atoms with Crippen LogP contribution in [0.25, 0.3) is 0 Å². The SMILES string of the molecule is CC[C@H](O)/C=C/C=O. The number of hydrogen-bond donors (Lipinski definition) is 1. The second-order valence-electron chi connectivity index (χ2n) is 1.50. The Balaban J connectivity index is 3.35. The van der Waals surface area contributed by atoms with Crippen molar-refractivity contribution in [3.05, 3.63) is 12.2 Å². The first-order valence-electron chi connectivity index (χ1n) is 2.61. The summed E-state index contributed by atoms with van der Waals surface area (Å²) < 4.78 is 0. The fourth-order valence-electron chi connectivity index (χ4n) is 0.310. The molecule has 0 unspecified atom stereocenters. The largest absolute Gasteiger partial charge is 0.389 e. The minimum atomic E-state index is -0.458. The summed E-state index contributed by atoms with van der Waals surface area (Å²) in [6.07, 6.45) is 3.62. The number of aliphatic hydroxyl groups is 1. The Hall–Kier alpha value is -0.630. The fraction of sp³-hybridized carbons (Fsp3) is 0.500. The number of aliphatic hydroxyl groups excluding tert-OH is 1. The van der Waals surface area contributed by atoms with Gasteiger partial charge in [0, 0.05) is 0 Å². The van der Waals surface area contributed by atoms with Gasteiger partial charge in [-0.05, 0) is 12.5 Å². The van der Waals surface area contributed by atoms with Crippen molar-refractivity contribution in [2.75, 3.05) is 0 Å². The van der Waals surface area contributed by atoms with Gasteiger partial charge in [-0.1, -0.05) is 13.0 Å². The Morgan fingerprint density at radius 1 is 1.75 bits per heavy atom. The Bertz CT molecular complexity index is 86.5. The smallest absolute Gasteiger partial charge is 0.142 e. The number of carbonyl (C=O) groups is 1. The highest BCUT2D eigenvalue weighted by Gasteiger charge is 1.89. The molecule has 0 radical (unpaired) electrons.